The summed E-state index contributed by atoms with van der Waals surface area (Å²) in [5, 5.41) is 6.88. The number of amides is 2. The lowest BCUT2D eigenvalue weighted by atomic mass is 9.98. The number of carbonyl (C=O) groups excluding carboxylic acids is 1. The van der Waals surface area contributed by atoms with Crippen LogP contribution < -0.4 is 10.6 Å². The molecule has 0 aliphatic carbocycles. The number of piperidine rings is 1. The molecule has 1 aromatic carbocycles. The van der Waals surface area contributed by atoms with E-state index in [9.17, 15) is 4.79 Å². The summed E-state index contributed by atoms with van der Waals surface area (Å²) in [4.78, 5) is 14.5. The number of nitrogens with one attached hydrogen (secondary N) is 2. The second-order valence-electron chi connectivity index (χ2n) is 5.98. The van der Waals surface area contributed by atoms with E-state index >= 15 is 0 Å². The summed E-state index contributed by atoms with van der Waals surface area (Å²) in [6, 6.07) is 6.28. The average Bonchev–Trinajstić information content (AvgIpc) is 2.59. The van der Waals surface area contributed by atoms with Gasteiger partial charge in [-0.2, -0.15) is 0 Å². The van der Waals surface area contributed by atoms with E-state index < -0.39 is 0 Å². The van der Waals surface area contributed by atoms with E-state index in [1.165, 1.54) is 12.8 Å². The molecule has 2 atom stereocenters. The molecule has 6 heteroatoms. The smallest absolute Gasteiger partial charge is 0.319 e. The Morgan fingerprint density at radius 1 is 1.14 bits per heavy atom. The van der Waals surface area contributed by atoms with Gasteiger partial charge in [-0.15, -0.1) is 0 Å². The van der Waals surface area contributed by atoms with Crippen molar-refractivity contribution in [2.24, 2.45) is 0 Å². The van der Waals surface area contributed by atoms with Crippen molar-refractivity contribution in [2.45, 2.75) is 43.8 Å². The van der Waals surface area contributed by atoms with Crippen LogP contribution in [-0.4, -0.2) is 36.1 Å². The number of fused-ring (bicyclic) bond motifs is 2. The minimum absolute atomic E-state index is 0.192. The SMILES string of the molecule is CN1C2CCC1CC(NC(=O)Nc1cc(Cl)cc(Cl)c1)C2. The number of hydrogen-bond acceptors (Lipinski definition) is 2. The second kappa shape index (κ2) is 6.03. The van der Waals surface area contributed by atoms with Crippen LogP contribution in [0.4, 0.5) is 10.5 Å². The third kappa shape index (κ3) is 3.44. The van der Waals surface area contributed by atoms with Gasteiger partial charge in [-0.25, -0.2) is 4.79 Å². The molecule has 2 amide bonds. The first kappa shape index (κ1) is 14.9. The van der Waals surface area contributed by atoms with Crippen LogP contribution in [0, 0.1) is 0 Å². The molecule has 2 N–H and O–H groups in total. The number of rotatable bonds is 2. The number of hydrogen-bond donors (Lipinski definition) is 2. The van der Waals surface area contributed by atoms with Crippen molar-refractivity contribution in [3.05, 3.63) is 28.2 Å². The quantitative estimate of drug-likeness (QED) is 0.869. The number of benzene rings is 1. The Kier molecular flexibility index (Phi) is 4.29. The largest absolute Gasteiger partial charge is 0.335 e. The number of nitrogens with zero attached hydrogens (tertiary/aromatic N) is 1. The van der Waals surface area contributed by atoms with Gasteiger partial charge >= 0.3 is 6.03 Å². The van der Waals surface area contributed by atoms with Crippen LogP contribution in [0.2, 0.25) is 10.0 Å². The van der Waals surface area contributed by atoms with Crippen molar-refractivity contribution in [3.8, 4) is 0 Å². The van der Waals surface area contributed by atoms with Crippen molar-refractivity contribution in [1.29, 1.82) is 0 Å². The zero-order valence-corrected chi connectivity index (χ0v) is 13.4. The molecule has 2 fully saturated rings. The van der Waals surface area contributed by atoms with Crippen molar-refractivity contribution < 1.29 is 4.79 Å². The van der Waals surface area contributed by atoms with Crippen LogP contribution in [0.15, 0.2) is 18.2 Å². The summed E-state index contributed by atoms with van der Waals surface area (Å²) in [5.41, 5.74) is 0.612. The van der Waals surface area contributed by atoms with Gasteiger partial charge in [0.1, 0.15) is 0 Å². The topological polar surface area (TPSA) is 44.4 Å². The third-order valence-corrected chi connectivity index (χ3v) is 4.99. The number of anilines is 1. The van der Waals surface area contributed by atoms with Gasteiger partial charge in [0.25, 0.3) is 0 Å². The van der Waals surface area contributed by atoms with Crippen LogP contribution in [-0.2, 0) is 0 Å². The van der Waals surface area contributed by atoms with Gasteiger partial charge in [-0.1, -0.05) is 23.2 Å². The predicted molar refractivity (Wildman–Crippen MR) is 86.2 cm³/mol. The van der Waals surface area contributed by atoms with Gasteiger partial charge in [0.05, 0.1) is 0 Å². The normalized spacial score (nSPS) is 28.4. The van der Waals surface area contributed by atoms with E-state index in [4.69, 9.17) is 23.2 Å². The third-order valence-electron chi connectivity index (χ3n) is 4.55. The lowest BCUT2D eigenvalue weighted by Crippen LogP contribution is -2.49. The molecule has 3 rings (SSSR count). The standard InChI is InChI=1S/C15H19Cl2N3O/c1-20-13-2-3-14(20)8-12(7-13)19-15(21)18-11-5-9(16)4-10(17)6-11/h4-6,12-14H,2-3,7-8H2,1H3,(H2,18,19,21). The highest BCUT2D eigenvalue weighted by Crippen LogP contribution is 2.34. The fraction of sp³-hybridized carbons (Fsp3) is 0.533. The highest BCUT2D eigenvalue weighted by molar-refractivity contribution is 6.35. The molecule has 2 aliphatic rings. The first-order chi connectivity index (χ1) is 10.0. The molecular formula is C15H19Cl2N3O. The van der Waals surface area contributed by atoms with Crippen molar-refractivity contribution in [3.63, 3.8) is 0 Å². The van der Waals surface area contributed by atoms with E-state index in [1.54, 1.807) is 18.2 Å². The zero-order chi connectivity index (χ0) is 15.0. The van der Waals surface area contributed by atoms with Crippen LogP contribution in [0.25, 0.3) is 0 Å². The summed E-state index contributed by atoms with van der Waals surface area (Å²) >= 11 is 11.9. The summed E-state index contributed by atoms with van der Waals surface area (Å²) in [5.74, 6) is 0. The van der Waals surface area contributed by atoms with Crippen LogP contribution in [0.5, 0.6) is 0 Å². The molecule has 2 heterocycles. The zero-order valence-electron chi connectivity index (χ0n) is 11.9. The summed E-state index contributed by atoms with van der Waals surface area (Å²) in [6.45, 7) is 0. The maximum Gasteiger partial charge on any atom is 0.319 e. The average molecular weight is 328 g/mol. The van der Waals surface area contributed by atoms with E-state index in [0.717, 1.165) is 12.8 Å². The van der Waals surface area contributed by atoms with Gasteiger partial charge in [0.2, 0.25) is 0 Å². The summed E-state index contributed by atoms with van der Waals surface area (Å²) in [7, 11) is 2.19. The maximum atomic E-state index is 12.1. The molecule has 21 heavy (non-hydrogen) atoms. The molecule has 0 aromatic heterocycles. The first-order valence-corrected chi connectivity index (χ1v) is 8.02. The maximum absolute atomic E-state index is 12.1. The van der Waals surface area contributed by atoms with Gasteiger partial charge < -0.3 is 15.5 Å². The minimum atomic E-state index is -0.192. The first-order valence-electron chi connectivity index (χ1n) is 7.27. The van der Waals surface area contributed by atoms with E-state index in [0.29, 0.717) is 27.8 Å². The highest BCUT2D eigenvalue weighted by Gasteiger charge is 2.38. The monoisotopic (exact) mass is 327 g/mol. The van der Waals surface area contributed by atoms with E-state index in [1.807, 2.05) is 0 Å². The molecule has 0 saturated carbocycles. The number of urea groups is 1. The summed E-state index contributed by atoms with van der Waals surface area (Å²) in [6.07, 6.45) is 4.53. The van der Waals surface area contributed by atoms with Crippen molar-refractivity contribution >= 4 is 34.9 Å². The predicted octanol–water partition coefficient (Wildman–Crippen LogP) is 3.74. The minimum Gasteiger partial charge on any atom is -0.335 e. The molecule has 4 nitrogen and oxygen atoms in total. The highest BCUT2D eigenvalue weighted by atomic mass is 35.5. The second-order valence-corrected chi connectivity index (χ2v) is 6.85. The Bertz CT molecular complexity index is 517. The molecule has 2 aliphatic heterocycles. The van der Waals surface area contributed by atoms with Crippen LogP contribution >= 0.6 is 23.2 Å². The van der Waals surface area contributed by atoms with Crippen LogP contribution in [0.1, 0.15) is 25.7 Å². The van der Waals surface area contributed by atoms with E-state index in [-0.39, 0.29) is 12.1 Å². The molecule has 0 radical (unpaired) electrons. The molecule has 1 aromatic rings. The van der Waals surface area contributed by atoms with Gasteiger partial charge in [-0.3, -0.25) is 0 Å². The number of halogens is 2. The molecule has 2 saturated heterocycles. The Balaban J connectivity index is 1.57. The van der Waals surface area contributed by atoms with Crippen LogP contribution in [0.3, 0.4) is 0 Å². The van der Waals surface area contributed by atoms with Gasteiger partial charge in [0.15, 0.2) is 0 Å². The summed E-state index contributed by atoms with van der Waals surface area (Å²) < 4.78 is 0. The molecule has 114 valence electrons. The Morgan fingerprint density at radius 3 is 2.29 bits per heavy atom. The fourth-order valence-electron chi connectivity index (χ4n) is 3.51. The fourth-order valence-corrected chi connectivity index (χ4v) is 4.03. The Labute approximate surface area is 134 Å². The van der Waals surface area contributed by atoms with E-state index in [2.05, 4.69) is 22.6 Å². The molecule has 0 spiro atoms. The van der Waals surface area contributed by atoms with Gasteiger partial charge in [-0.05, 0) is 50.9 Å². The lowest BCUT2D eigenvalue weighted by Gasteiger charge is -2.36. The molecule has 2 unspecified atom stereocenters. The Morgan fingerprint density at radius 2 is 1.71 bits per heavy atom. The van der Waals surface area contributed by atoms with Crippen molar-refractivity contribution in [2.75, 3.05) is 12.4 Å². The molecular weight excluding hydrogens is 309 g/mol. The molecule has 2 bridgehead atoms. The van der Waals surface area contributed by atoms with Crippen molar-refractivity contribution in [1.82, 2.24) is 10.2 Å². The number of carbonyl (C=O) groups is 1. The Hall–Kier alpha value is -0.970. The lowest BCUT2D eigenvalue weighted by molar-refractivity contribution is 0.151. The van der Waals surface area contributed by atoms with Gasteiger partial charge in [0, 0.05) is 33.9 Å².